The van der Waals surface area contributed by atoms with Gasteiger partial charge in [0.15, 0.2) is 0 Å². The van der Waals surface area contributed by atoms with Crippen molar-refractivity contribution in [3.8, 4) is 0 Å². The maximum Gasteiger partial charge on any atom is 0.417 e. The Hall–Kier alpha value is -2.87. The number of hydrogen-bond donors (Lipinski definition) is 1. The number of imide groups is 1. The fourth-order valence-electron chi connectivity index (χ4n) is 4.04. The molecule has 2 heterocycles. The van der Waals surface area contributed by atoms with E-state index >= 15 is 0 Å². The average molecular weight is 431 g/mol. The summed E-state index contributed by atoms with van der Waals surface area (Å²) in [5, 5.41) is 9.62. The van der Waals surface area contributed by atoms with Gasteiger partial charge in [0.2, 0.25) is 0 Å². The van der Waals surface area contributed by atoms with Crippen LogP contribution < -0.4 is 0 Å². The smallest absolute Gasteiger partial charge is 0.417 e. The van der Waals surface area contributed by atoms with E-state index in [0.717, 1.165) is 10.5 Å². The zero-order chi connectivity index (χ0) is 23.0. The van der Waals surface area contributed by atoms with Gasteiger partial charge in [0.25, 0.3) is 5.91 Å². The molecule has 0 spiro atoms. The van der Waals surface area contributed by atoms with E-state index in [1.54, 1.807) is 40.7 Å². The summed E-state index contributed by atoms with van der Waals surface area (Å²) in [6.07, 6.45) is 0.600. The zero-order valence-electron chi connectivity index (χ0n) is 18.6. The third-order valence-electron chi connectivity index (χ3n) is 5.34. The van der Waals surface area contributed by atoms with Crippen LogP contribution in [0.5, 0.6) is 0 Å². The van der Waals surface area contributed by atoms with E-state index in [1.165, 1.54) is 4.90 Å². The van der Waals surface area contributed by atoms with Gasteiger partial charge in [-0.3, -0.25) is 9.69 Å². The van der Waals surface area contributed by atoms with E-state index in [9.17, 15) is 19.5 Å². The Bertz CT molecular complexity index is 887. The number of ether oxygens (including phenoxy) is 2. The largest absolute Gasteiger partial charge is 0.465 e. The Morgan fingerprint density at radius 2 is 1.90 bits per heavy atom. The third kappa shape index (κ3) is 5.07. The second kappa shape index (κ2) is 8.34. The van der Waals surface area contributed by atoms with Crippen LogP contribution in [0.25, 0.3) is 0 Å². The third-order valence-corrected chi connectivity index (χ3v) is 5.34. The van der Waals surface area contributed by atoms with E-state index < -0.39 is 41.5 Å². The van der Waals surface area contributed by atoms with E-state index in [1.807, 2.05) is 30.3 Å². The maximum absolute atomic E-state index is 13.2. The summed E-state index contributed by atoms with van der Waals surface area (Å²) >= 11 is 0. The molecule has 0 aliphatic carbocycles. The lowest BCUT2D eigenvalue weighted by molar-refractivity contribution is -0.125. The number of nitrogens with zero attached hydrogens (tertiary/aromatic N) is 2. The van der Waals surface area contributed by atoms with Gasteiger partial charge in [-0.05, 0) is 53.0 Å². The number of rotatable bonds is 3. The first-order valence-corrected chi connectivity index (χ1v) is 10.4. The molecule has 1 aromatic carbocycles. The van der Waals surface area contributed by atoms with Crippen molar-refractivity contribution in [2.45, 2.75) is 70.9 Å². The molecule has 168 valence electrons. The predicted octanol–water partition coefficient (Wildman–Crippen LogP) is 3.81. The fourth-order valence-corrected chi connectivity index (χ4v) is 4.04. The lowest BCUT2D eigenvalue weighted by atomic mass is 10.0. The Kier molecular flexibility index (Phi) is 6.14. The van der Waals surface area contributed by atoms with Crippen molar-refractivity contribution < 1.29 is 29.0 Å². The van der Waals surface area contributed by atoms with Crippen molar-refractivity contribution in [1.29, 1.82) is 0 Å². The van der Waals surface area contributed by atoms with Crippen molar-refractivity contribution in [2.24, 2.45) is 0 Å². The van der Waals surface area contributed by atoms with Gasteiger partial charge in [-0.1, -0.05) is 36.4 Å². The van der Waals surface area contributed by atoms with Crippen molar-refractivity contribution >= 4 is 18.1 Å². The number of carbonyl (C=O) groups excluding carboxylic acids is 2. The highest BCUT2D eigenvalue weighted by Gasteiger charge is 2.46. The van der Waals surface area contributed by atoms with Gasteiger partial charge in [-0.2, -0.15) is 0 Å². The molecule has 0 saturated carbocycles. The normalized spacial score (nSPS) is 24.7. The summed E-state index contributed by atoms with van der Waals surface area (Å²) in [7, 11) is 0. The van der Waals surface area contributed by atoms with Crippen molar-refractivity contribution in [2.75, 3.05) is 6.61 Å². The summed E-state index contributed by atoms with van der Waals surface area (Å²) in [6.45, 7) is 8.72. The number of hydrogen-bond acceptors (Lipinski definition) is 5. The number of amides is 3. The number of carboxylic acid groups (broad SMARTS) is 1. The molecule has 1 N–H and O–H groups in total. The number of likely N-dealkylation sites (tertiary alicyclic amines) is 1. The van der Waals surface area contributed by atoms with E-state index in [2.05, 4.69) is 0 Å². The van der Waals surface area contributed by atoms with Gasteiger partial charge in [-0.25, -0.2) is 14.5 Å². The van der Waals surface area contributed by atoms with Crippen molar-refractivity contribution in [3.63, 3.8) is 0 Å². The molecule has 2 fully saturated rings. The fraction of sp³-hybridized carbons (Fsp3) is 0.522. The molecule has 0 aromatic heterocycles. The Morgan fingerprint density at radius 3 is 2.48 bits per heavy atom. The molecule has 8 nitrogen and oxygen atoms in total. The molecule has 2 saturated heterocycles. The maximum atomic E-state index is 13.2. The molecule has 2 aliphatic heterocycles. The lowest BCUT2D eigenvalue weighted by Crippen LogP contribution is -2.46. The zero-order valence-corrected chi connectivity index (χ0v) is 18.6. The summed E-state index contributed by atoms with van der Waals surface area (Å²) in [5.74, 6) is -0.453. The topological polar surface area (TPSA) is 96.4 Å². The van der Waals surface area contributed by atoms with Crippen LogP contribution in [-0.4, -0.2) is 63.0 Å². The van der Waals surface area contributed by atoms with Gasteiger partial charge in [0.05, 0.1) is 18.7 Å². The van der Waals surface area contributed by atoms with E-state index in [4.69, 9.17) is 9.47 Å². The second-order valence-corrected chi connectivity index (χ2v) is 9.37. The van der Waals surface area contributed by atoms with Gasteiger partial charge >= 0.3 is 12.2 Å². The van der Waals surface area contributed by atoms with Gasteiger partial charge < -0.3 is 14.6 Å². The first kappa shape index (κ1) is 22.8. The van der Waals surface area contributed by atoms with Crippen LogP contribution in [-0.2, 0) is 20.7 Å². The molecule has 3 amide bonds. The number of benzene rings is 1. The molecule has 0 bridgehead atoms. The summed E-state index contributed by atoms with van der Waals surface area (Å²) in [4.78, 5) is 40.2. The SMILES string of the molecule is CC(C)(C)OC(=O)N1C(=O)C(=CC2COC(C)(C)N2C(=O)O)CC1Cc1ccccc1. The van der Waals surface area contributed by atoms with Crippen LogP contribution in [0.15, 0.2) is 42.0 Å². The second-order valence-electron chi connectivity index (χ2n) is 9.37. The van der Waals surface area contributed by atoms with Crippen LogP contribution in [0.4, 0.5) is 9.59 Å². The van der Waals surface area contributed by atoms with Crippen molar-refractivity contribution in [3.05, 3.63) is 47.5 Å². The van der Waals surface area contributed by atoms with Crippen LogP contribution in [0.1, 0.15) is 46.6 Å². The van der Waals surface area contributed by atoms with Crippen LogP contribution in [0, 0.1) is 0 Å². The van der Waals surface area contributed by atoms with Crippen molar-refractivity contribution in [1.82, 2.24) is 9.80 Å². The highest BCUT2D eigenvalue weighted by atomic mass is 16.6. The first-order chi connectivity index (χ1) is 14.4. The average Bonchev–Trinajstić information content (AvgIpc) is 3.10. The molecule has 31 heavy (non-hydrogen) atoms. The Morgan fingerprint density at radius 1 is 1.26 bits per heavy atom. The van der Waals surface area contributed by atoms with Crippen LogP contribution in [0.2, 0.25) is 0 Å². The minimum Gasteiger partial charge on any atom is -0.465 e. The van der Waals surface area contributed by atoms with E-state index in [-0.39, 0.29) is 6.61 Å². The molecule has 2 unspecified atom stereocenters. The van der Waals surface area contributed by atoms with E-state index in [0.29, 0.717) is 18.4 Å². The quantitative estimate of drug-likeness (QED) is 0.733. The molecule has 3 rings (SSSR count). The molecular formula is C23H30N2O6. The highest BCUT2D eigenvalue weighted by Crippen LogP contribution is 2.33. The molecule has 0 radical (unpaired) electrons. The highest BCUT2D eigenvalue weighted by molar-refractivity contribution is 6.05. The monoisotopic (exact) mass is 430 g/mol. The lowest BCUT2D eigenvalue weighted by Gasteiger charge is -2.30. The molecular weight excluding hydrogens is 400 g/mol. The first-order valence-electron chi connectivity index (χ1n) is 10.4. The standard InChI is InChI=1S/C23H30N2O6/c1-22(2,3)31-21(29)24-17(11-15-9-7-6-8-10-15)12-16(19(24)26)13-18-14-30-23(4,5)25(18)20(27)28/h6-10,13,17-18H,11-12,14H2,1-5H3,(H,27,28). The molecule has 1 aromatic rings. The predicted molar refractivity (Wildman–Crippen MR) is 113 cm³/mol. The van der Waals surface area contributed by atoms with Crippen LogP contribution >= 0.6 is 0 Å². The molecule has 2 aliphatic rings. The minimum absolute atomic E-state index is 0.145. The van der Waals surface area contributed by atoms with Crippen LogP contribution in [0.3, 0.4) is 0 Å². The summed E-state index contributed by atoms with van der Waals surface area (Å²) in [6, 6.07) is 8.58. The Labute approximate surface area is 182 Å². The van der Waals surface area contributed by atoms with Gasteiger partial charge in [0.1, 0.15) is 11.3 Å². The van der Waals surface area contributed by atoms with Gasteiger partial charge in [0, 0.05) is 5.57 Å². The Balaban J connectivity index is 1.90. The molecule has 8 heteroatoms. The number of carbonyl (C=O) groups is 3. The molecule has 2 atom stereocenters. The summed E-state index contributed by atoms with van der Waals surface area (Å²) < 4.78 is 11.1. The minimum atomic E-state index is -1.13. The van der Waals surface area contributed by atoms with Gasteiger partial charge in [-0.15, -0.1) is 0 Å². The summed E-state index contributed by atoms with van der Waals surface area (Å²) in [5.41, 5.74) is -0.356.